The van der Waals surface area contributed by atoms with Crippen LogP contribution in [0.3, 0.4) is 0 Å². The number of ether oxygens (including phenoxy) is 1. The summed E-state index contributed by atoms with van der Waals surface area (Å²) < 4.78 is 7.37. The first kappa shape index (κ1) is 25.1. The van der Waals surface area contributed by atoms with Crippen LogP contribution in [0.25, 0.3) is 17.0 Å². The van der Waals surface area contributed by atoms with Crippen LogP contribution in [0.2, 0.25) is 0 Å². The summed E-state index contributed by atoms with van der Waals surface area (Å²) in [6.07, 6.45) is 3.91. The van der Waals surface area contributed by atoms with Gasteiger partial charge in [0.15, 0.2) is 0 Å². The van der Waals surface area contributed by atoms with E-state index in [1.54, 1.807) is 6.92 Å². The van der Waals surface area contributed by atoms with Gasteiger partial charge >= 0.3 is 5.97 Å². The van der Waals surface area contributed by atoms with Gasteiger partial charge in [0.2, 0.25) is 0 Å². The molecule has 1 aliphatic heterocycles. The molecule has 0 bridgehead atoms. The van der Waals surface area contributed by atoms with Gasteiger partial charge in [-0.15, -0.1) is 0 Å². The number of para-hydroxylation sites is 1. The van der Waals surface area contributed by atoms with Crippen molar-refractivity contribution in [3.63, 3.8) is 0 Å². The monoisotopic (exact) mass is 519 g/mol. The Morgan fingerprint density at radius 2 is 1.84 bits per heavy atom. The summed E-state index contributed by atoms with van der Waals surface area (Å²) in [4.78, 5) is 18.0. The van der Waals surface area contributed by atoms with Gasteiger partial charge in [-0.3, -0.25) is 0 Å². The Morgan fingerprint density at radius 1 is 1.11 bits per heavy atom. The number of carbonyl (C=O) groups is 1. The van der Waals surface area contributed by atoms with E-state index in [4.69, 9.17) is 10.00 Å². The standard InChI is InChI=1S/C31H25N3O3S/c1-3-37-31(36)28-29(35)27(38-30(28)33-24-14-8-20(2)9-15-24)16-23-19-34(26-7-5-4-6-25(23)26)18-22-12-10-21(17-32)11-13-22/h4-16,19,35H,3,18H2,1-2H3/b27-16-,33-30?. The van der Waals surface area contributed by atoms with Crippen LogP contribution in [-0.4, -0.2) is 27.3 Å². The van der Waals surface area contributed by atoms with Gasteiger partial charge in [0.05, 0.1) is 28.8 Å². The quantitative estimate of drug-likeness (QED) is 0.276. The Labute approximate surface area is 225 Å². The fourth-order valence-corrected chi connectivity index (χ4v) is 5.30. The molecule has 0 spiro atoms. The zero-order valence-electron chi connectivity index (χ0n) is 21.0. The molecule has 5 rings (SSSR count). The van der Waals surface area contributed by atoms with Crippen molar-refractivity contribution in [2.24, 2.45) is 4.99 Å². The number of benzene rings is 3. The highest BCUT2D eigenvalue weighted by Crippen LogP contribution is 2.41. The van der Waals surface area contributed by atoms with Crippen molar-refractivity contribution in [2.75, 3.05) is 6.61 Å². The van der Waals surface area contributed by atoms with Crippen LogP contribution in [0.5, 0.6) is 0 Å². The summed E-state index contributed by atoms with van der Waals surface area (Å²) in [6.45, 7) is 4.54. The van der Waals surface area contributed by atoms with E-state index in [0.717, 1.165) is 27.6 Å². The molecule has 3 aromatic carbocycles. The summed E-state index contributed by atoms with van der Waals surface area (Å²) in [5, 5.41) is 21.6. The molecule has 188 valence electrons. The number of aliphatic hydroxyl groups is 1. The zero-order chi connectivity index (χ0) is 26.6. The number of nitriles is 1. The number of aryl methyl sites for hydroxylation is 1. The van der Waals surface area contributed by atoms with Crippen molar-refractivity contribution in [3.05, 3.63) is 117 Å². The lowest BCUT2D eigenvalue weighted by molar-refractivity contribution is -0.138. The molecule has 1 aromatic heterocycles. The van der Waals surface area contributed by atoms with Crippen molar-refractivity contribution < 1.29 is 14.6 Å². The molecular weight excluding hydrogens is 494 g/mol. The van der Waals surface area contributed by atoms with Crippen LogP contribution in [0.1, 0.15) is 29.2 Å². The molecule has 1 N–H and O–H groups in total. The lowest BCUT2D eigenvalue weighted by Crippen LogP contribution is -2.12. The van der Waals surface area contributed by atoms with Gasteiger partial charge in [-0.1, -0.05) is 59.8 Å². The van der Waals surface area contributed by atoms with Crippen LogP contribution in [0.4, 0.5) is 5.69 Å². The molecule has 0 amide bonds. The number of rotatable bonds is 6. The highest BCUT2D eigenvalue weighted by molar-refractivity contribution is 8.18. The fourth-order valence-electron chi connectivity index (χ4n) is 4.27. The van der Waals surface area contributed by atoms with Gasteiger partial charge in [0.1, 0.15) is 16.4 Å². The molecule has 7 heteroatoms. The molecular formula is C31H25N3O3S. The number of thioether (sulfide) groups is 1. The zero-order valence-corrected chi connectivity index (χ0v) is 21.8. The van der Waals surface area contributed by atoms with E-state index < -0.39 is 5.97 Å². The summed E-state index contributed by atoms with van der Waals surface area (Å²) in [5.41, 5.74) is 5.50. The Kier molecular flexibility index (Phi) is 7.16. The van der Waals surface area contributed by atoms with Crippen molar-refractivity contribution in [1.82, 2.24) is 4.57 Å². The first-order valence-electron chi connectivity index (χ1n) is 12.2. The highest BCUT2D eigenvalue weighted by atomic mass is 32.2. The number of esters is 1. The minimum atomic E-state index is -0.602. The number of carbonyl (C=O) groups excluding carboxylic acids is 1. The van der Waals surface area contributed by atoms with Crippen LogP contribution < -0.4 is 0 Å². The molecule has 2 heterocycles. The predicted octanol–water partition coefficient (Wildman–Crippen LogP) is 7.06. The van der Waals surface area contributed by atoms with Crippen LogP contribution in [0.15, 0.2) is 100 Å². The van der Waals surface area contributed by atoms with E-state index in [1.165, 1.54) is 11.8 Å². The van der Waals surface area contributed by atoms with Gasteiger partial charge in [-0.2, -0.15) is 5.26 Å². The minimum absolute atomic E-state index is 0.0741. The number of nitrogens with zero attached hydrogens (tertiary/aromatic N) is 3. The maximum Gasteiger partial charge on any atom is 0.344 e. The van der Waals surface area contributed by atoms with Crippen LogP contribution >= 0.6 is 11.8 Å². The molecule has 38 heavy (non-hydrogen) atoms. The molecule has 6 nitrogen and oxygen atoms in total. The number of aliphatic imine (C=N–C) groups is 1. The molecule has 0 fully saturated rings. The average molecular weight is 520 g/mol. The Bertz CT molecular complexity index is 1650. The lowest BCUT2D eigenvalue weighted by Gasteiger charge is -2.05. The van der Waals surface area contributed by atoms with E-state index in [1.807, 2.05) is 92.0 Å². The fraction of sp³-hybridized carbons (Fsp3) is 0.129. The van der Waals surface area contributed by atoms with E-state index in [9.17, 15) is 9.90 Å². The van der Waals surface area contributed by atoms with Gasteiger partial charge in [-0.05, 0) is 55.8 Å². The number of hydrogen-bond acceptors (Lipinski definition) is 6. The SMILES string of the molecule is CCOC(=O)C1=C(O)/C(=C/c2cn(Cc3ccc(C#N)cc3)c3ccccc23)SC1=Nc1ccc(C)cc1. The second-order valence-electron chi connectivity index (χ2n) is 8.85. The number of aromatic nitrogens is 1. The molecule has 4 aromatic rings. The molecule has 0 aliphatic carbocycles. The van der Waals surface area contributed by atoms with Crippen molar-refractivity contribution in [1.29, 1.82) is 5.26 Å². The Morgan fingerprint density at radius 3 is 2.55 bits per heavy atom. The lowest BCUT2D eigenvalue weighted by atomic mass is 10.1. The van der Waals surface area contributed by atoms with E-state index in [-0.39, 0.29) is 17.9 Å². The predicted molar refractivity (Wildman–Crippen MR) is 152 cm³/mol. The Balaban J connectivity index is 1.55. The van der Waals surface area contributed by atoms with E-state index in [2.05, 4.69) is 15.6 Å². The largest absolute Gasteiger partial charge is 0.506 e. The first-order chi connectivity index (χ1) is 18.5. The van der Waals surface area contributed by atoms with Gasteiger partial charge in [-0.25, -0.2) is 9.79 Å². The molecule has 0 saturated carbocycles. The summed E-state index contributed by atoms with van der Waals surface area (Å²) in [6, 6.07) is 25.4. The highest BCUT2D eigenvalue weighted by Gasteiger charge is 2.33. The maximum absolute atomic E-state index is 12.8. The number of aliphatic hydroxyl groups excluding tert-OH is 1. The molecule has 0 radical (unpaired) electrons. The van der Waals surface area contributed by atoms with E-state index in [0.29, 0.717) is 27.7 Å². The minimum Gasteiger partial charge on any atom is -0.506 e. The number of hydrogen-bond donors (Lipinski definition) is 1. The van der Waals surface area contributed by atoms with Gasteiger partial charge < -0.3 is 14.4 Å². The third-order valence-corrected chi connectivity index (χ3v) is 7.20. The van der Waals surface area contributed by atoms with Crippen molar-refractivity contribution in [2.45, 2.75) is 20.4 Å². The molecule has 0 saturated heterocycles. The Hall–Kier alpha value is -4.54. The van der Waals surface area contributed by atoms with Crippen LogP contribution in [0, 0.1) is 18.3 Å². The smallest absolute Gasteiger partial charge is 0.344 e. The first-order valence-corrected chi connectivity index (χ1v) is 13.0. The third kappa shape index (κ3) is 5.13. The van der Waals surface area contributed by atoms with Crippen molar-refractivity contribution in [3.8, 4) is 6.07 Å². The maximum atomic E-state index is 12.8. The second-order valence-corrected chi connectivity index (χ2v) is 9.88. The van der Waals surface area contributed by atoms with Gasteiger partial charge in [0, 0.05) is 29.2 Å². The molecule has 0 atom stereocenters. The number of fused-ring (bicyclic) bond motifs is 1. The van der Waals surface area contributed by atoms with Gasteiger partial charge in [0.25, 0.3) is 0 Å². The summed E-state index contributed by atoms with van der Waals surface area (Å²) in [7, 11) is 0. The molecule has 1 aliphatic rings. The molecule has 0 unspecified atom stereocenters. The van der Waals surface area contributed by atoms with E-state index >= 15 is 0 Å². The second kappa shape index (κ2) is 10.8. The van der Waals surface area contributed by atoms with Crippen LogP contribution in [-0.2, 0) is 16.1 Å². The normalized spacial score (nSPS) is 15.4. The topological polar surface area (TPSA) is 87.6 Å². The average Bonchev–Trinajstić information content (AvgIpc) is 3.42. The summed E-state index contributed by atoms with van der Waals surface area (Å²) >= 11 is 1.25. The third-order valence-electron chi connectivity index (χ3n) is 6.18. The summed E-state index contributed by atoms with van der Waals surface area (Å²) in [5.74, 6) is -0.738. The van der Waals surface area contributed by atoms with Crippen molar-refractivity contribution >= 4 is 45.4 Å².